The molecule has 6 rings (SSSR count). The summed E-state index contributed by atoms with van der Waals surface area (Å²) in [5.41, 5.74) is 5.84. The van der Waals surface area contributed by atoms with Gasteiger partial charge in [0.2, 0.25) is 0 Å². The summed E-state index contributed by atoms with van der Waals surface area (Å²) >= 11 is 0. The number of nitrogens with two attached hydrogens (primary N) is 1. The van der Waals surface area contributed by atoms with Gasteiger partial charge in [-0.05, 0) is 47.8 Å². The minimum Gasteiger partial charge on any atom is -0.511 e. The fourth-order valence-corrected chi connectivity index (χ4v) is 6.33. The van der Waals surface area contributed by atoms with Gasteiger partial charge in [0.25, 0.3) is 5.91 Å². The number of carbonyl (C=O) groups excluding carboxylic acids is 4. The molecule has 10 heteroatoms. The Balaban J connectivity index is 1.32. The van der Waals surface area contributed by atoms with E-state index in [1.54, 1.807) is 12.1 Å². The summed E-state index contributed by atoms with van der Waals surface area (Å²) in [7, 11) is 0. The number of phenolic OH excluding ortho intramolecular Hbond substituents is 1. The molecule has 0 bridgehead atoms. The van der Waals surface area contributed by atoms with Gasteiger partial charge in [-0.1, -0.05) is 42.5 Å². The highest BCUT2D eigenvalue weighted by atomic mass is 16.3. The molecule has 3 aromatic carbocycles. The largest absolute Gasteiger partial charge is 0.511 e. The first-order valence-corrected chi connectivity index (χ1v) is 12.8. The summed E-state index contributed by atoms with van der Waals surface area (Å²) in [4.78, 5) is 50.6. The third-order valence-corrected chi connectivity index (χ3v) is 8.05. The lowest BCUT2D eigenvalue weighted by Gasteiger charge is -2.41. The maximum absolute atomic E-state index is 13.5. The Morgan fingerprint density at radius 3 is 2.38 bits per heavy atom. The van der Waals surface area contributed by atoms with Crippen molar-refractivity contribution in [1.82, 2.24) is 0 Å². The molecule has 3 aliphatic rings. The normalized spacial score (nSPS) is 21.9. The zero-order valence-electron chi connectivity index (χ0n) is 21.1. The molecule has 202 valence electrons. The van der Waals surface area contributed by atoms with Gasteiger partial charge in [-0.15, -0.1) is 0 Å². The molecule has 40 heavy (non-hydrogen) atoms. The van der Waals surface area contributed by atoms with Crippen LogP contribution in [0.25, 0.3) is 16.5 Å². The van der Waals surface area contributed by atoms with E-state index in [9.17, 15) is 34.5 Å². The summed E-state index contributed by atoms with van der Waals surface area (Å²) < 4.78 is 0. The van der Waals surface area contributed by atoms with E-state index in [1.807, 2.05) is 36.4 Å². The van der Waals surface area contributed by atoms with Gasteiger partial charge in [0.15, 0.2) is 11.6 Å². The number of anilines is 2. The molecule has 1 fully saturated rings. The summed E-state index contributed by atoms with van der Waals surface area (Å²) in [6.45, 7) is 0. The Morgan fingerprint density at radius 1 is 0.875 bits per heavy atom. The van der Waals surface area contributed by atoms with Gasteiger partial charge in [0.05, 0.1) is 22.9 Å². The van der Waals surface area contributed by atoms with E-state index in [0.29, 0.717) is 24.1 Å². The number of hydrogen-bond donors (Lipinski definition) is 6. The molecule has 1 saturated carbocycles. The minimum atomic E-state index is -1.19. The molecular weight excluding hydrogens is 514 g/mol. The summed E-state index contributed by atoms with van der Waals surface area (Å²) in [6.07, 6.45) is 0.489. The van der Waals surface area contributed by atoms with E-state index in [4.69, 9.17) is 5.73 Å². The van der Waals surface area contributed by atoms with E-state index >= 15 is 0 Å². The van der Waals surface area contributed by atoms with Gasteiger partial charge < -0.3 is 31.7 Å². The number of aliphatic hydroxyl groups is 2. The Kier molecular flexibility index (Phi) is 5.83. The van der Waals surface area contributed by atoms with Gasteiger partial charge in [0, 0.05) is 17.4 Å². The molecule has 3 aliphatic carbocycles. The molecule has 3 atom stereocenters. The van der Waals surface area contributed by atoms with Gasteiger partial charge in [-0.25, -0.2) is 4.79 Å². The van der Waals surface area contributed by atoms with Crippen molar-refractivity contribution in [3.8, 4) is 5.75 Å². The van der Waals surface area contributed by atoms with Crippen molar-refractivity contribution >= 4 is 51.4 Å². The zero-order chi connectivity index (χ0) is 28.3. The number of ketones is 2. The number of amides is 3. The second kappa shape index (κ2) is 9.26. The number of hydrogen-bond acceptors (Lipinski definition) is 7. The number of carbonyl (C=O) groups is 4. The van der Waals surface area contributed by atoms with E-state index in [-0.39, 0.29) is 23.2 Å². The molecule has 3 aromatic rings. The number of Topliss-reactive ketones (excluding diaryl/α,β-unsaturated/α-hetero) is 2. The molecular formula is C30H25N3O7. The van der Waals surface area contributed by atoms with Crippen LogP contribution in [-0.2, 0) is 20.8 Å². The average Bonchev–Trinajstić information content (AvgIpc) is 2.89. The molecule has 3 amide bonds. The number of allylic oxidation sites excluding steroid dienone is 2. The number of fused-ring (bicyclic) bond motifs is 4. The predicted octanol–water partition coefficient (Wildman–Crippen LogP) is 4.11. The minimum absolute atomic E-state index is 0.00567. The predicted molar refractivity (Wildman–Crippen MR) is 147 cm³/mol. The lowest BCUT2D eigenvalue weighted by molar-refractivity contribution is -0.127. The fourth-order valence-electron chi connectivity index (χ4n) is 6.33. The number of primary amides is 1. The molecule has 0 saturated heterocycles. The van der Waals surface area contributed by atoms with Crippen LogP contribution in [0.1, 0.15) is 24.0 Å². The number of rotatable bonds is 3. The van der Waals surface area contributed by atoms with Crippen LogP contribution in [0.5, 0.6) is 5.75 Å². The molecule has 3 unspecified atom stereocenters. The molecule has 0 spiro atoms. The van der Waals surface area contributed by atoms with E-state index < -0.39 is 64.1 Å². The maximum atomic E-state index is 13.5. The molecule has 0 heterocycles. The number of aliphatic hydroxyl groups excluding tert-OH is 2. The van der Waals surface area contributed by atoms with Gasteiger partial charge in [-0.3, -0.25) is 14.4 Å². The van der Waals surface area contributed by atoms with Crippen LogP contribution in [0.2, 0.25) is 0 Å². The monoisotopic (exact) mass is 539 g/mol. The zero-order valence-corrected chi connectivity index (χ0v) is 21.1. The number of urea groups is 1. The van der Waals surface area contributed by atoms with Crippen molar-refractivity contribution in [3.05, 3.63) is 82.6 Å². The van der Waals surface area contributed by atoms with Crippen molar-refractivity contribution in [2.45, 2.75) is 19.3 Å². The quantitative estimate of drug-likeness (QED) is 0.214. The lowest BCUT2D eigenvalue weighted by Crippen LogP contribution is -2.44. The van der Waals surface area contributed by atoms with Gasteiger partial charge in [0.1, 0.15) is 22.8 Å². The van der Waals surface area contributed by atoms with Crippen LogP contribution in [0.4, 0.5) is 16.2 Å². The standard InChI is InChI=1S/C30H25N3O7/c31-29(39)24-20(34)12-16-11-15-10-14-8-9-19(25(35)21(14)26(36)22(15)27(37)23(16)28(24)38)33-30(40)32-18-7-3-5-13-4-1-2-6-17(13)18/h1-9,15-16,23,35-36,38H,10-12H2,(H2,31,39)(H2,32,33,40). The topological polar surface area (TPSA) is 179 Å². The van der Waals surface area contributed by atoms with Crippen molar-refractivity contribution < 1.29 is 34.5 Å². The Bertz CT molecular complexity index is 1720. The van der Waals surface area contributed by atoms with E-state index in [0.717, 1.165) is 10.8 Å². The van der Waals surface area contributed by atoms with Gasteiger partial charge in [-0.2, -0.15) is 0 Å². The molecule has 0 radical (unpaired) electrons. The number of aromatic hydroxyl groups is 1. The highest BCUT2D eigenvalue weighted by Gasteiger charge is 2.50. The summed E-state index contributed by atoms with van der Waals surface area (Å²) in [5, 5.41) is 40.1. The van der Waals surface area contributed by atoms with Crippen molar-refractivity contribution in [3.63, 3.8) is 0 Å². The van der Waals surface area contributed by atoms with Gasteiger partial charge >= 0.3 is 6.03 Å². The SMILES string of the molecule is NC(=O)C1=C(O)C2C(=O)C3=C(O)c4c(ccc(NC(=O)Nc5cccc6ccccc56)c4O)CC3CC2CC1=O. The summed E-state index contributed by atoms with van der Waals surface area (Å²) in [5.74, 6) is -6.09. The third-order valence-electron chi connectivity index (χ3n) is 8.05. The smallest absolute Gasteiger partial charge is 0.323 e. The fraction of sp³-hybridized carbons (Fsp3) is 0.200. The van der Waals surface area contributed by atoms with Crippen LogP contribution >= 0.6 is 0 Å². The first kappa shape index (κ1) is 25.2. The molecule has 0 aliphatic heterocycles. The van der Waals surface area contributed by atoms with E-state index in [1.165, 1.54) is 6.07 Å². The second-order valence-electron chi connectivity index (χ2n) is 10.4. The molecule has 7 N–H and O–H groups in total. The maximum Gasteiger partial charge on any atom is 0.323 e. The highest BCUT2D eigenvalue weighted by molar-refractivity contribution is 6.21. The van der Waals surface area contributed by atoms with Crippen LogP contribution in [0, 0.1) is 17.8 Å². The Morgan fingerprint density at radius 2 is 1.60 bits per heavy atom. The molecule has 10 nitrogen and oxygen atoms in total. The van der Waals surface area contributed by atoms with Crippen LogP contribution in [0.15, 0.2) is 71.5 Å². The Hall–Kier alpha value is -5.12. The number of benzene rings is 3. The third kappa shape index (κ3) is 3.87. The van der Waals surface area contributed by atoms with Crippen LogP contribution in [-0.4, -0.2) is 38.8 Å². The summed E-state index contributed by atoms with van der Waals surface area (Å²) in [6, 6.07) is 15.6. The first-order chi connectivity index (χ1) is 19.2. The lowest BCUT2D eigenvalue weighted by atomic mass is 9.61. The van der Waals surface area contributed by atoms with E-state index in [2.05, 4.69) is 10.6 Å². The van der Waals surface area contributed by atoms with Crippen molar-refractivity contribution in [2.75, 3.05) is 10.6 Å². The highest BCUT2D eigenvalue weighted by Crippen LogP contribution is 2.51. The van der Waals surface area contributed by atoms with Crippen molar-refractivity contribution in [2.24, 2.45) is 23.5 Å². The average molecular weight is 540 g/mol. The Labute approximate surface area is 227 Å². The first-order valence-electron chi connectivity index (χ1n) is 12.8. The van der Waals surface area contributed by atoms with Crippen LogP contribution in [0.3, 0.4) is 0 Å². The molecule has 0 aromatic heterocycles. The van der Waals surface area contributed by atoms with Crippen molar-refractivity contribution in [1.29, 1.82) is 0 Å². The number of nitrogens with one attached hydrogen (secondary N) is 2. The second-order valence-corrected chi connectivity index (χ2v) is 10.4. The van der Waals surface area contributed by atoms with Crippen LogP contribution < -0.4 is 16.4 Å². The number of phenols is 1.